The number of carbonyl (C=O) groups excluding carboxylic acids is 2. The lowest BCUT2D eigenvalue weighted by Gasteiger charge is -2.36. The monoisotopic (exact) mass is 443 g/mol. The van der Waals surface area contributed by atoms with Crippen LogP contribution in [0.25, 0.3) is 0 Å². The second-order valence-electron chi connectivity index (χ2n) is 9.97. The molecule has 3 atom stereocenters. The van der Waals surface area contributed by atoms with Crippen LogP contribution in [0.3, 0.4) is 0 Å². The van der Waals surface area contributed by atoms with E-state index in [1.165, 1.54) is 12.8 Å². The van der Waals surface area contributed by atoms with Gasteiger partial charge in [-0.15, -0.1) is 0 Å². The van der Waals surface area contributed by atoms with Crippen molar-refractivity contribution in [3.05, 3.63) is 23.8 Å². The third-order valence-corrected chi connectivity index (χ3v) is 6.98. The Hall–Kier alpha value is -2.12. The molecule has 7 nitrogen and oxygen atoms in total. The molecule has 1 N–H and O–H groups in total. The molecule has 0 saturated heterocycles. The van der Waals surface area contributed by atoms with E-state index in [0.717, 1.165) is 31.8 Å². The molecule has 3 aliphatic rings. The van der Waals surface area contributed by atoms with E-state index in [1.54, 1.807) is 25.1 Å². The topological polar surface area (TPSA) is 71.1 Å². The molecular weight excluding hydrogens is 406 g/mol. The van der Waals surface area contributed by atoms with Crippen molar-refractivity contribution in [2.24, 2.45) is 17.8 Å². The number of likely N-dealkylation sites (N-methyl/N-ethyl adjacent to an activating group) is 1. The van der Waals surface area contributed by atoms with Crippen LogP contribution in [-0.2, 0) is 9.53 Å². The van der Waals surface area contributed by atoms with Crippen molar-refractivity contribution >= 4 is 17.5 Å². The molecule has 1 aromatic rings. The van der Waals surface area contributed by atoms with Gasteiger partial charge in [-0.1, -0.05) is 6.92 Å². The Balaban J connectivity index is 1.60. The third-order valence-electron chi connectivity index (χ3n) is 6.98. The van der Waals surface area contributed by atoms with Crippen molar-refractivity contribution in [2.45, 2.75) is 51.7 Å². The van der Waals surface area contributed by atoms with Gasteiger partial charge in [0.1, 0.15) is 12.4 Å². The molecule has 1 aliphatic heterocycles. The molecule has 176 valence electrons. The maximum absolute atomic E-state index is 13.4. The summed E-state index contributed by atoms with van der Waals surface area (Å²) in [6.07, 6.45) is 4.43. The second-order valence-corrected chi connectivity index (χ2v) is 9.97. The number of methoxy groups -OCH3 is 1. The number of amides is 2. The summed E-state index contributed by atoms with van der Waals surface area (Å²) in [4.78, 5) is 29.8. The van der Waals surface area contributed by atoms with Gasteiger partial charge in [-0.2, -0.15) is 0 Å². The molecule has 1 heterocycles. The molecule has 0 aromatic heterocycles. The highest BCUT2D eigenvalue weighted by Crippen LogP contribution is 2.33. The highest BCUT2D eigenvalue weighted by atomic mass is 16.5. The summed E-state index contributed by atoms with van der Waals surface area (Å²) < 4.78 is 12.0. The standard InChI is InChI=1S/C25H37N3O4/c1-16-12-28(13-18-5-6-18)17(2)15-32-22-10-9-20(26-24(29)19-7-8-19)11-21(22)25(30)27(3)14-23(16)31-4/h9-11,16-19,23H,5-8,12-15H2,1-4H3,(H,26,29)/t16-,17+,23-/m0/s1. The first-order chi connectivity index (χ1) is 15.4. The molecule has 4 rings (SSSR count). The zero-order valence-corrected chi connectivity index (χ0v) is 19.8. The number of hydrogen-bond acceptors (Lipinski definition) is 5. The second kappa shape index (κ2) is 9.79. The van der Waals surface area contributed by atoms with E-state index in [1.807, 2.05) is 12.1 Å². The summed E-state index contributed by atoms with van der Waals surface area (Å²) in [6, 6.07) is 5.61. The molecule has 0 spiro atoms. The van der Waals surface area contributed by atoms with E-state index >= 15 is 0 Å². The van der Waals surface area contributed by atoms with E-state index in [4.69, 9.17) is 9.47 Å². The first-order valence-electron chi connectivity index (χ1n) is 12.0. The van der Waals surface area contributed by atoms with Crippen molar-refractivity contribution in [3.8, 4) is 5.75 Å². The molecule has 1 aromatic carbocycles. The minimum Gasteiger partial charge on any atom is -0.491 e. The Morgan fingerprint density at radius 3 is 2.59 bits per heavy atom. The van der Waals surface area contributed by atoms with E-state index in [0.29, 0.717) is 30.2 Å². The number of carbonyl (C=O) groups is 2. The van der Waals surface area contributed by atoms with Gasteiger partial charge < -0.3 is 19.7 Å². The van der Waals surface area contributed by atoms with Crippen molar-refractivity contribution < 1.29 is 19.1 Å². The molecule has 2 saturated carbocycles. The van der Waals surface area contributed by atoms with Crippen molar-refractivity contribution in [2.75, 3.05) is 45.7 Å². The lowest BCUT2D eigenvalue weighted by atomic mass is 10.0. The summed E-state index contributed by atoms with van der Waals surface area (Å²) >= 11 is 0. The molecule has 2 fully saturated rings. The van der Waals surface area contributed by atoms with Crippen molar-refractivity contribution in [3.63, 3.8) is 0 Å². The summed E-state index contributed by atoms with van der Waals surface area (Å²) in [6.45, 7) is 7.40. The molecule has 0 unspecified atom stereocenters. The fraction of sp³-hybridized carbons (Fsp3) is 0.680. The van der Waals surface area contributed by atoms with Gasteiger partial charge in [-0.3, -0.25) is 14.5 Å². The third kappa shape index (κ3) is 5.62. The highest BCUT2D eigenvalue weighted by Gasteiger charge is 2.32. The SMILES string of the molecule is CO[C@H]1CN(C)C(=O)c2cc(NC(=O)C3CC3)ccc2OC[C@@H](C)N(CC2CC2)C[C@@H]1C. The predicted octanol–water partition coefficient (Wildman–Crippen LogP) is 3.25. The van der Waals surface area contributed by atoms with Gasteiger partial charge in [0.2, 0.25) is 5.91 Å². The smallest absolute Gasteiger partial charge is 0.257 e. The molecule has 2 aliphatic carbocycles. The zero-order valence-electron chi connectivity index (χ0n) is 19.8. The number of benzene rings is 1. The number of fused-ring (bicyclic) bond motifs is 1. The summed E-state index contributed by atoms with van der Waals surface area (Å²) in [5.41, 5.74) is 1.11. The first kappa shape index (κ1) is 23.1. The van der Waals surface area contributed by atoms with Crippen LogP contribution in [-0.4, -0.2) is 74.2 Å². The number of rotatable bonds is 5. The summed E-state index contributed by atoms with van der Waals surface area (Å²) in [7, 11) is 3.53. The normalized spacial score (nSPS) is 27.7. The zero-order chi connectivity index (χ0) is 22.8. The Kier molecular flexibility index (Phi) is 7.05. The Morgan fingerprint density at radius 1 is 1.19 bits per heavy atom. The van der Waals surface area contributed by atoms with Gasteiger partial charge >= 0.3 is 0 Å². The fourth-order valence-corrected chi connectivity index (χ4v) is 4.41. The number of hydrogen-bond donors (Lipinski definition) is 1. The average Bonchev–Trinajstić information content (AvgIpc) is 3.68. The van der Waals surface area contributed by atoms with Crippen LogP contribution in [0.15, 0.2) is 18.2 Å². The lowest BCUT2D eigenvalue weighted by Crippen LogP contribution is -2.47. The van der Waals surface area contributed by atoms with Crippen LogP contribution in [0.5, 0.6) is 5.75 Å². The summed E-state index contributed by atoms with van der Waals surface area (Å²) in [5, 5.41) is 2.95. The van der Waals surface area contributed by atoms with Gasteiger partial charge in [0.25, 0.3) is 5.91 Å². The quantitative estimate of drug-likeness (QED) is 0.756. The van der Waals surface area contributed by atoms with Crippen molar-refractivity contribution in [1.82, 2.24) is 9.80 Å². The number of anilines is 1. The van der Waals surface area contributed by atoms with Gasteiger partial charge in [-0.25, -0.2) is 0 Å². The van der Waals surface area contributed by atoms with Crippen LogP contribution < -0.4 is 10.1 Å². The Bertz CT molecular complexity index is 836. The van der Waals surface area contributed by atoms with Crippen LogP contribution in [0.2, 0.25) is 0 Å². The Labute approximate surface area is 191 Å². The van der Waals surface area contributed by atoms with Gasteiger partial charge in [0.15, 0.2) is 0 Å². The molecule has 32 heavy (non-hydrogen) atoms. The van der Waals surface area contributed by atoms with Crippen LogP contribution >= 0.6 is 0 Å². The minimum absolute atomic E-state index is 0.0254. The summed E-state index contributed by atoms with van der Waals surface area (Å²) in [5.74, 6) is 1.63. The van der Waals surface area contributed by atoms with E-state index < -0.39 is 0 Å². The predicted molar refractivity (Wildman–Crippen MR) is 124 cm³/mol. The van der Waals surface area contributed by atoms with E-state index in [9.17, 15) is 9.59 Å². The van der Waals surface area contributed by atoms with E-state index in [-0.39, 0.29) is 35.8 Å². The first-order valence-corrected chi connectivity index (χ1v) is 12.0. The molecule has 7 heteroatoms. The van der Waals surface area contributed by atoms with Crippen LogP contribution in [0, 0.1) is 17.8 Å². The largest absolute Gasteiger partial charge is 0.491 e. The van der Waals surface area contributed by atoms with Crippen LogP contribution in [0.4, 0.5) is 5.69 Å². The van der Waals surface area contributed by atoms with Crippen LogP contribution in [0.1, 0.15) is 49.9 Å². The molecule has 0 radical (unpaired) electrons. The average molecular weight is 444 g/mol. The fourth-order valence-electron chi connectivity index (χ4n) is 4.41. The number of ether oxygens (including phenoxy) is 2. The van der Waals surface area contributed by atoms with Gasteiger partial charge in [0.05, 0.1) is 11.7 Å². The molecular formula is C25H37N3O4. The van der Waals surface area contributed by atoms with Crippen molar-refractivity contribution in [1.29, 1.82) is 0 Å². The molecule has 2 amide bonds. The Morgan fingerprint density at radius 2 is 1.94 bits per heavy atom. The maximum Gasteiger partial charge on any atom is 0.257 e. The highest BCUT2D eigenvalue weighted by molar-refractivity contribution is 6.00. The van der Waals surface area contributed by atoms with E-state index in [2.05, 4.69) is 24.1 Å². The molecule has 0 bridgehead atoms. The minimum atomic E-state index is -0.125. The maximum atomic E-state index is 13.4. The number of nitrogens with one attached hydrogen (secondary N) is 1. The van der Waals surface area contributed by atoms with Gasteiger partial charge in [-0.05, 0) is 62.6 Å². The lowest BCUT2D eigenvalue weighted by molar-refractivity contribution is -0.117. The van der Waals surface area contributed by atoms with Gasteiger partial charge in [0, 0.05) is 51.4 Å². The number of nitrogens with zero attached hydrogens (tertiary/aromatic N) is 2.